The first-order chi connectivity index (χ1) is 7.91. The van der Waals surface area contributed by atoms with Crippen LogP contribution < -0.4 is 0 Å². The molecule has 1 fully saturated rings. The number of aromatic nitrogens is 1. The van der Waals surface area contributed by atoms with Crippen LogP contribution in [0.4, 0.5) is 0 Å². The molecule has 0 radical (unpaired) electrons. The van der Waals surface area contributed by atoms with E-state index in [1.165, 1.54) is 4.31 Å². The van der Waals surface area contributed by atoms with Gasteiger partial charge in [0.2, 0.25) is 10.0 Å². The Hall–Kier alpha value is -0.850. The van der Waals surface area contributed by atoms with Crippen molar-refractivity contribution in [3.05, 3.63) is 18.5 Å². The summed E-state index contributed by atoms with van der Waals surface area (Å²) in [6.45, 7) is 2.65. The minimum Gasteiger partial charge on any atom is -0.393 e. The molecular formula is C11H18N2O3S. The smallest absolute Gasteiger partial charge is 0.244 e. The lowest BCUT2D eigenvalue weighted by Crippen LogP contribution is -2.44. The molecule has 96 valence electrons. The Labute approximate surface area is 102 Å². The SMILES string of the molecule is CC1CN(S(=O)(=O)c2ccn(C)c2)CCC1O. The normalized spacial score (nSPS) is 27.2. The number of nitrogens with zero attached hydrogens (tertiary/aromatic N) is 2. The fraction of sp³-hybridized carbons (Fsp3) is 0.636. The van der Waals surface area contributed by atoms with Gasteiger partial charge in [0.25, 0.3) is 0 Å². The van der Waals surface area contributed by atoms with Crippen LogP contribution in [0.25, 0.3) is 0 Å². The molecule has 1 aliphatic rings. The second-order valence-electron chi connectivity index (χ2n) is 4.71. The maximum Gasteiger partial charge on any atom is 0.244 e. The average molecular weight is 258 g/mol. The molecule has 0 spiro atoms. The van der Waals surface area contributed by atoms with Crippen LogP contribution in [0.3, 0.4) is 0 Å². The monoisotopic (exact) mass is 258 g/mol. The van der Waals surface area contributed by atoms with Gasteiger partial charge in [-0.2, -0.15) is 4.31 Å². The molecule has 17 heavy (non-hydrogen) atoms. The maximum absolute atomic E-state index is 12.3. The molecule has 0 bridgehead atoms. The highest BCUT2D eigenvalue weighted by Gasteiger charge is 2.32. The summed E-state index contributed by atoms with van der Waals surface area (Å²) < 4.78 is 27.7. The van der Waals surface area contributed by atoms with Crippen molar-refractivity contribution in [2.75, 3.05) is 13.1 Å². The highest BCUT2D eigenvalue weighted by molar-refractivity contribution is 7.89. The summed E-state index contributed by atoms with van der Waals surface area (Å²) in [5, 5.41) is 9.61. The summed E-state index contributed by atoms with van der Waals surface area (Å²) in [5.74, 6) is -0.0118. The van der Waals surface area contributed by atoms with Gasteiger partial charge in [0.1, 0.15) is 0 Å². The quantitative estimate of drug-likeness (QED) is 0.836. The first-order valence-electron chi connectivity index (χ1n) is 5.71. The van der Waals surface area contributed by atoms with Gasteiger partial charge in [-0.25, -0.2) is 8.42 Å². The zero-order valence-corrected chi connectivity index (χ0v) is 10.9. The number of rotatable bonds is 2. The molecule has 2 rings (SSSR count). The number of piperidine rings is 1. The van der Waals surface area contributed by atoms with Crippen LogP contribution in [0.15, 0.2) is 23.4 Å². The Kier molecular flexibility index (Phi) is 3.29. The lowest BCUT2D eigenvalue weighted by atomic mass is 9.99. The molecule has 0 aromatic carbocycles. The Morgan fingerprint density at radius 1 is 1.47 bits per heavy atom. The van der Waals surface area contributed by atoms with Crippen LogP contribution in [0.1, 0.15) is 13.3 Å². The fourth-order valence-electron chi connectivity index (χ4n) is 2.09. The van der Waals surface area contributed by atoms with E-state index in [-0.39, 0.29) is 5.92 Å². The van der Waals surface area contributed by atoms with Crippen molar-refractivity contribution in [1.82, 2.24) is 8.87 Å². The van der Waals surface area contributed by atoms with Gasteiger partial charge in [0.05, 0.1) is 11.0 Å². The average Bonchev–Trinajstić information content (AvgIpc) is 2.69. The lowest BCUT2D eigenvalue weighted by Gasteiger charge is -2.33. The fourth-order valence-corrected chi connectivity index (χ4v) is 3.70. The van der Waals surface area contributed by atoms with Crippen molar-refractivity contribution in [3.63, 3.8) is 0 Å². The van der Waals surface area contributed by atoms with E-state index in [2.05, 4.69) is 0 Å². The standard InChI is InChI=1S/C11H18N2O3S/c1-9-7-13(6-4-11(9)14)17(15,16)10-3-5-12(2)8-10/h3,5,8-9,11,14H,4,6-7H2,1-2H3. The lowest BCUT2D eigenvalue weighted by molar-refractivity contribution is 0.0628. The molecule has 0 saturated carbocycles. The molecule has 1 aliphatic heterocycles. The molecule has 2 unspecified atom stereocenters. The first kappa shape index (κ1) is 12.6. The van der Waals surface area contributed by atoms with E-state index in [1.807, 2.05) is 6.92 Å². The Balaban J connectivity index is 2.22. The third-order valence-electron chi connectivity index (χ3n) is 3.27. The van der Waals surface area contributed by atoms with E-state index in [1.54, 1.807) is 30.1 Å². The van der Waals surface area contributed by atoms with Gasteiger partial charge in [0, 0.05) is 32.5 Å². The van der Waals surface area contributed by atoms with Crippen molar-refractivity contribution in [1.29, 1.82) is 0 Å². The Morgan fingerprint density at radius 3 is 2.71 bits per heavy atom. The minimum atomic E-state index is -3.40. The van der Waals surface area contributed by atoms with Crippen molar-refractivity contribution in [2.45, 2.75) is 24.3 Å². The zero-order chi connectivity index (χ0) is 12.6. The highest BCUT2D eigenvalue weighted by Crippen LogP contribution is 2.23. The predicted octanol–water partition coefficient (Wildman–Crippen LogP) is 0.417. The summed E-state index contributed by atoms with van der Waals surface area (Å²) >= 11 is 0. The molecule has 1 aromatic rings. The Bertz CT molecular complexity index is 495. The maximum atomic E-state index is 12.3. The molecule has 2 heterocycles. The van der Waals surface area contributed by atoms with Gasteiger partial charge in [-0.05, 0) is 18.4 Å². The van der Waals surface area contributed by atoms with E-state index in [4.69, 9.17) is 0 Å². The third kappa shape index (κ3) is 2.38. The highest BCUT2D eigenvalue weighted by atomic mass is 32.2. The molecule has 2 atom stereocenters. The summed E-state index contributed by atoms with van der Waals surface area (Å²) in [6, 6.07) is 1.60. The van der Waals surface area contributed by atoms with E-state index in [0.717, 1.165) is 0 Å². The molecule has 0 amide bonds. The van der Waals surface area contributed by atoms with Crippen molar-refractivity contribution in [3.8, 4) is 0 Å². The van der Waals surface area contributed by atoms with Gasteiger partial charge in [-0.3, -0.25) is 0 Å². The van der Waals surface area contributed by atoms with Gasteiger partial charge in [-0.1, -0.05) is 6.92 Å². The van der Waals surface area contributed by atoms with Crippen LogP contribution in [0, 0.1) is 5.92 Å². The minimum absolute atomic E-state index is 0.0118. The van der Waals surface area contributed by atoms with Crippen LogP contribution in [-0.2, 0) is 17.1 Å². The topological polar surface area (TPSA) is 62.5 Å². The number of aliphatic hydroxyl groups excluding tert-OH is 1. The second kappa shape index (κ2) is 4.44. The summed E-state index contributed by atoms with van der Waals surface area (Å²) in [4.78, 5) is 0.323. The number of hydrogen-bond acceptors (Lipinski definition) is 3. The predicted molar refractivity (Wildman–Crippen MR) is 64.0 cm³/mol. The molecule has 1 aromatic heterocycles. The van der Waals surface area contributed by atoms with E-state index in [9.17, 15) is 13.5 Å². The summed E-state index contributed by atoms with van der Waals surface area (Å²) in [5.41, 5.74) is 0. The Morgan fingerprint density at radius 2 is 2.18 bits per heavy atom. The van der Waals surface area contributed by atoms with Gasteiger partial charge in [0.15, 0.2) is 0 Å². The molecular weight excluding hydrogens is 240 g/mol. The number of aryl methyl sites for hydroxylation is 1. The molecule has 1 N–H and O–H groups in total. The molecule has 5 nitrogen and oxygen atoms in total. The number of sulfonamides is 1. The van der Waals surface area contributed by atoms with Gasteiger partial charge < -0.3 is 9.67 Å². The van der Waals surface area contributed by atoms with E-state index < -0.39 is 16.1 Å². The molecule has 6 heteroatoms. The van der Waals surface area contributed by atoms with E-state index >= 15 is 0 Å². The largest absolute Gasteiger partial charge is 0.393 e. The van der Waals surface area contributed by atoms with Crippen LogP contribution in [0.5, 0.6) is 0 Å². The first-order valence-corrected chi connectivity index (χ1v) is 7.15. The van der Waals surface area contributed by atoms with Crippen LogP contribution in [0.2, 0.25) is 0 Å². The zero-order valence-electron chi connectivity index (χ0n) is 10.1. The number of hydrogen-bond donors (Lipinski definition) is 1. The summed E-state index contributed by atoms with van der Waals surface area (Å²) in [7, 11) is -1.60. The van der Waals surface area contributed by atoms with E-state index in [0.29, 0.717) is 24.4 Å². The van der Waals surface area contributed by atoms with Crippen LogP contribution in [-0.4, -0.2) is 41.6 Å². The molecule has 0 aliphatic carbocycles. The van der Waals surface area contributed by atoms with Gasteiger partial charge in [-0.15, -0.1) is 0 Å². The second-order valence-corrected chi connectivity index (χ2v) is 6.65. The summed E-state index contributed by atoms with van der Waals surface area (Å²) in [6.07, 6.45) is 3.44. The molecule has 1 saturated heterocycles. The van der Waals surface area contributed by atoms with Crippen LogP contribution >= 0.6 is 0 Å². The van der Waals surface area contributed by atoms with Crippen molar-refractivity contribution >= 4 is 10.0 Å². The van der Waals surface area contributed by atoms with Crippen molar-refractivity contribution in [2.24, 2.45) is 13.0 Å². The number of aliphatic hydroxyl groups is 1. The van der Waals surface area contributed by atoms with Gasteiger partial charge >= 0.3 is 0 Å². The third-order valence-corrected chi connectivity index (χ3v) is 5.11. The van der Waals surface area contributed by atoms with Crippen molar-refractivity contribution < 1.29 is 13.5 Å².